The Morgan fingerprint density at radius 1 is 1.67 bits per heavy atom. The predicted molar refractivity (Wildman–Crippen MR) is 53.0 cm³/mol. The average Bonchev–Trinajstić information content (AvgIpc) is 2.51. The van der Waals surface area contributed by atoms with E-state index in [9.17, 15) is 0 Å². The van der Waals surface area contributed by atoms with Crippen molar-refractivity contribution in [3.05, 3.63) is 24.2 Å². The summed E-state index contributed by atoms with van der Waals surface area (Å²) in [4.78, 5) is 0.881. The predicted octanol–water partition coefficient (Wildman–Crippen LogP) is 2.35. The molecular weight excluding hydrogens is 170 g/mol. The second kappa shape index (κ2) is 4.26. The number of nitrogens with one attached hydrogen (secondary N) is 1. The fourth-order valence-electron chi connectivity index (χ4n) is 0.792. The molecule has 1 N–H and O–H groups in total. The first-order valence-corrected chi connectivity index (χ1v) is 4.41. The molecule has 0 aliphatic rings. The molecule has 1 heterocycles. The molecular formula is C9H13NOS. The zero-order valence-electron chi connectivity index (χ0n) is 7.33. The molecule has 0 atom stereocenters. The van der Waals surface area contributed by atoms with Crippen molar-refractivity contribution in [1.82, 2.24) is 5.32 Å². The monoisotopic (exact) mass is 183 g/mol. The lowest BCUT2D eigenvalue weighted by molar-refractivity contribution is 0.502. The van der Waals surface area contributed by atoms with Crippen molar-refractivity contribution in [2.24, 2.45) is 5.92 Å². The largest absolute Gasteiger partial charge is 0.467 e. The summed E-state index contributed by atoms with van der Waals surface area (Å²) in [6, 6.07) is 3.80. The molecule has 12 heavy (non-hydrogen) atoms. The van der Waals surface area contributed by atoms with Gasteiger partial charge < -0.3 is 9.73 Å². The standard InChI is InChI=1S/C9H13NOS/c1-7(2)9(12)10-6-8-4-3-5-11-8/h3-5,7H,6H2,1-2H3,(H,10,12). The summed E-state index contributed by atoms with van der Waals surface area (Å²) in [6.45, 7) is 4.82. The van der Waals surface area contributed by atoms with Crippen molar-refractivity contribution in [3.8, 4) is 0 Å². The third-order valence-corrected chi connectivity index (χ3v) is 2.16. The van der Waals surface area contributed by atoms with Gasteiger partial charge in [0.1, 0.15) is 5.76 Å². The van der Waals surface area contributed by atoms with Crippen LogP contribution in [0.5, 0.6) is 0 Å². The number of thiocarbonyl (C=S) groups is 1. The summed E-state index contributed by atoms with van der Waals surface area (Å²) in [6.07, 6.45) is 1.66. The third kappa shape index (κ3) is 2.66. The molecule has 0 spiro atoms. The third-order valence-electron chi connectivity index (χ3n) is 1.54. The first-order chi connectivity index (χ1) is 5.70. The smallest absolute Gasteiger partial charge is 0.122 e. The Hall–Kier alpha value is -0.830. The van der Waals surface area contributed by atoms with Crippen LogP contribution in [0.25, 0.3) is 0 Å². The molecule has 2 nitrogen and oxygen atoms in total. The zero-order valence-corrected chi connectivity index (χ0v) is 8.15. The molecule has 0 fully saturated rings. The van der Waals surface area contributed by atoms with Crippen molar-refractivity contribution >= 4 is 17.2 Å². The van der Waals surface area contributed by atoms with Gasteiger partial charge >= 0.3 is 0 Å². The highest BCUT2D eigenvalue weighted by molar-refractivity contribution is 7.80. The van der Waals surface area contributed by atoms with Crippen LogP contribution in [-0.2, 0) is 6.54 Å². The number of hydrogen-bond donors (Lipinski definition) is 1. The van der Waals surface area contributed by atoms with E-state index in [4.69, 9.17) is 16.6 Å². The van der Waals surface area contributed by atoms with Crippen LogP contribution in [0.4, 0.5) is 0 Å². The van der Waals surface area contributed by atoms with Crippen molar-refractivity contribution in [2.45, 2.75) is 20.4 Å². The molecule has 1 aromatic heterocycles. The lowest BCUT2D eigenvalue weighted by Crippen LogP contribution is -2.24. The second-order valence-electron chi connectivity index (χ2n) is 2.95. The molecule has 0 saturated carbocycles. The maximum Gasteiger partial charge on any atom is 0.122 e. The van der Waals surface area contributed by atoms with E-state index in [2.05, 4.69) is 19.2 Å². The normalized spacial score (nSPS) is 10.2. The van der Waals surface area contributed by atoms with Gasteiger partial charge in [-0.3, -0.25) is 0 Å². The van der Waals surface area contributed by atoms with Gasteiger partial charge in [0.2, 0.25) is 0 Å². The fraction of sp³-hybridized carbons (Fsp3) is 0.444. The number of furan rings is 1. The molecule has 1 rings (SSSR count). The maximum atomic E-state index is 5.14. The summed E-state index contributed by atoms with van der Waals surface area (Å²) < 4.78 is 5.14. The molecule has 66 valence electrons. The van der Waals surface area contributed by atoms with Crippen LogP contribution < -0.4 is 5.32 Å². The quantitative estimate of drug-likeness (QED) is 0.728. The van der Waals surface area contributed by atoms with E-state index in [1.807, 2.05) is 12.1 Å². The van der Waals surface area contributed by atoms with Crippen molar-refractivity contribution in [1.29, 1.82) is 0 Å². The Bertz CT molecular complexity index is 241. The highest BCUT2D eigenvalue weighted by atomic mass is 32.1. The lowest BCUT2D eigenvalue weighted by atomic mass is 10.2. The van der Waals surface area contributed by atoms with Crippen LogP contribution in [-0.4, -0.2) is 4.99 Å². The van der Waals surface area contributed by atoms with Gasteiger partial charge in [-0.15, -0.1) is 0 Å². The summed E-state index contributed by atoms with van der Waals surface area (Å²) in [5, 5.41) is 3.12. The molecule has 1 aromatic rings. The summed E-state index contributed by atoms with van der Waals surface area (Å²) in [5.74, 6) is 1.31. The minimum absolute atomic E-state index is 0.398. The molecule has 0 aliphatic carbocycles. The number of rotatable bonds is 3. The van der Waals surface area contributed by atoms with Crippen LogP contribution in [0.1, 0.15) is 19.6 Å². The second-order valence-corrected chi connectivity index (χ2v) is 3.39. The van der Waals surface area contributed by atoms with E-state index in [0.717, 1.165) is 10.7 Å². The van der Waals surface area contributed by atoms with E-state index >= 15 is 0 Å². The van der Waals surface area contributed by atoms with Crippen molar-refractivity contribution < 1.29 is 4.42 Å². The van der Waals surface area contributed by atoms with Gasteiger partial charge in [0.25, 0.3) is 0 Å². The number of hydrogen-bond acceptors (Lipinski definition) is 2. The van der Waals surface area contributed by atoms with E-state index in [-0.39, 0.29) is 0 Å². The molecule has 0 aromatic carbocycles. The van der Waals surface area contributed by atoms with Crippen LogP contribution in [0.3, 0.4) is 0 Å². The highest BCUT2D eigenvalue weighted by Crippen LogP contribution is 2.00. The van der Waals surface area contributed by atoms with Gasteiger partial charge in [0.05, 0.1) is 17.8 Å². The molecule has 0 aliphatic heterocycles. The summed E-state index contributed by atoms with van der Waals surface area (Å²) in [5.41, 5.74) is 0. The molecule has 0 unspecified atom stereocenters. The molecule has 0 bridgehead atoms. The Morgan fingerprint density at radius 3 is 2.92 bits per heavy atom. The van der Waals surface area contributed by atoms with E-state index < -0.39 is 0 Å². The van der Waals surface area contributed by atoms with Gasteiger partial charge in [0, 0.05) is 5.92 Å². The Morgan fingerprint density at radius 2 is 2.42 bits per heavy atom. The molecule has 0 amide bonds. The van der Waals surface area contributed by atoms with E-state index in [1.54, 1.807) is 6.26 Å². The van der Waals surface area contributed by atoms with Gasteiger partial charge in [-0.2, -0.15) is 0 Å². The molecule has 0 radical (unpaired) electrons. The lowest BCUT2D eigenvalue weighted by Gasteiger charge is -2.08. The van der Waals surface area contributed by atoms with Crippen LogP contribution in [0, 0.1) is 5.92 Å². The van der Waals surface area contributed by atoms with Gasteiger partial charge in [-0.1, -0.05) is 26.1 Å². The van der Waals surface area contributed by atoms with Crippen molar-refractivity contribution in [3.63, 3.8) is 0 Å². The zero-order chi connectivity index (χ0) is 8.97. The average molecular weight is 183 g/mol. The Kier molecular flexibility index (Phi) is 3.29. The minimum Gasteiger partial charge on any atom is -0.467 e. The van der Waals surface area contributed by atoms with E-state index in [1.165, 1.54) is 0 Å². The molecule has 3 heteroatoms. The molecule has 0 saturated heterocycles. The SMILES string of the molecule is CC(C)C(=S)NCc1ccco1. The van der Waals surface area contributed by atoms with Crippen LogP contribution in [0.15, 0.2) is 22.8 Å². The topological polar surface area (TPSA) is 25.2 Å². The minimum atomic E-state index is 0.398. The highest BCUT2D eigenvalue weighted by Gasteiger charge is 2.01. The fourth-order valence-corrected chi connectivity index (χ4v) is 0.864. The first kappa shape index (κ1) is 9.26. The Balaban J connectivity index is 2.32. The van der Waals surface area contributed by atoms with Gasteiger partial charge in [-0.25, -0.2) is 0 Å². The van der Waals surface area contributed by atoms with Crippen LogP contribution >= 0.6 is 12.2 Å². The van der Waals surface area contributed by atoms with Crippen molar-refractivity contribution in [2.75, 3.05) is 0 Å². The van der Waals surface area contributed by atoms with E-state index in [0.29, 0.717) is 12.5 Å². The first-order valence-electron chi connectivity index (χ1n) is 4.00. The summed E-state index contributed by atoms with van der Waals surface area (Å²) in [7, 11) is 0. The van der Waals surface area contributed by atoms with Crippen LogP contribution in [0.2, 0.25) is 0 Å². The maximum absolute atomic E-state index is 5.14. The summed E-state index contributed by atoms with van der Waals surface area (Å²) >= 11 is 5.10. The van der Waals surface area contributed by atoms with Gasteiger partial charge in [-0.05, 0) is 12.1 Å². The Labute approximate surface area is 78.0 Å². The van der Waals surface area contributed by atoms with Gasteiger partial charge in [0.15, 0.2) is 0 Å².